The number of hydrogen-bond donors (Lipinski definition) is 2. The summed E-state index contributed by atoms with van der Waals surface area (Å²) in [4.78, 5) is 17.9. The monoisotopic (exact) mass is 685 g/mol. The van der Waals surface area contributed by atoms with E-state index in [1.54, 1.807) is 74.2 Å². The van der Waals surface area contributed by atoms with Gasteiger partial charge in [-0.15, -0.1) is 0 Å². The van der Waals surface area contributed by atoms with Crippen molar-refractivity contribution in [1.29, 1.82) is 0 Å². The summed E-state index contributed by atoms with van der Waals surface area (Å²) in [6.45, 7) is 3.35. The number of rotatable bonds is 9. The van der Waals surface area contributed by atoms with Crippen LogP contribution in [0.15, 0.2) is 64.6 Å². The summed E-state index contributed by atoms with van der Waals surface area (Å²) in [5.74, 6) is 0.860. The van der Waals surface area contributed by atoms with E-state index in [0.29, 0.717) is 49.1 Å². The number of fused-ring (bicyclic) bond motifs is 1. The number of aryl methyl sites for hydroxylation is 1. The number of methoxy groups -OCH3 is 1. The Hall–Kier alpha value is -3.91. The van der Waals surface area contributed by atoms with Crippen LogP contribution in [-0.4, -0.2) is 77.0 Å². The lowest BCUT2D eigenvalue weighted by molar-refractivity contribution is 0.415. The Bertz CT molecular complexity index is 2010. The second-order valence-corrected chi connectivity index (χ2v) is 16.2. The highest BCUT2D eigenvalue weighted by molar-refractivity contribution is 9.10. The summed E-state index contributed by atoms with van der Waals surface area (Å²) in [7, 11) is -0.512. The van der Waals surface area contributed by atoms with Gasteiger partial charge in [-0.3, -0.25) is 14.6 Å². The minimum absolute atomic E-state index is 0.0578. The number of halogens is 1. The molecule has 3 aromatic heterocycles. The van der Waals surface area contributed by atoms with Gasteiger partial charge in [0, 0.05) is 63.1 Å². The van der Waals surface area contributed by atoms with Gasteiger partial charge in [0.2, 0.25) is 16.0 Å². The molecule has 0 atom stereocenters. The third kappa shape index (κ3) is 6.11. The van der Waals surface area contributed by atoms with Crippen LogP contribution in [0.25, 0.3) is 22.2 Å². The van der Waals surface area contributed by atoms with Gasteiger partial charge in [0.15, 0.2) is 0 Å². The number of ether oxygens (including phenoxy) is 1. The van der Waals surface area contributed by atoms with E-state index in [1.807, 2.05) is 0 Å². The highest BCUT2D eigenvalue weighted by Gasteiger charge is 2.26. The van der Waals surface area contributed by atoms with Crippen molar-refractivity contribution in [3.05, 3.63) is 59.7 Å². The van der Waals surface area contributed by atoms with E-state index < -0.39 is 17.2 Å². The molecule has 0 fully saturated rings. The Morgan fingerprint density at radius 1 is 1.02 bits per heavy atom. The van der Waals surface area contributed by atoms with Crippen molar-refractivity contribution in [2.45, 2.75) is 4.90 Å². The van der Waals surface area contributed by atoms with Crippen LogP contribution >= 0.6 is 23.1 Å². The van der Waals surface area contributed by atoms with Crippen LogP contribution in [-0.2, 0) is 21.6 Å². The maximum atomic E-state index is 13.4. The number of nitrogens with one attached hydrogen (secondary N) is 2. The summed E-state index contributed by atoms with van der Waals surface area (Å²) < 4.78 is 48.8. The molecule has 5 rings (SSSR count). The van der Waals surface area contributed by atoms with Crippen molar-refractivity contribution in [3.63, 3.8) is 0 Å². The minimum atomic E-state index is -3.84. The Balaban J connectivity index is 1.58. The molecule has 2 N–H and O–H groups in total. The van der Waals surface area contributed by atoms with Crippen LogP contribution < -0.4 is 20.7 Å². The van der Waals surface area contributed by atoms with E-state index in [2.05, 4.69) is 51.6 Å². The lowest BCUT2D eigenvalue weighted by Crippen LogP contribution is -2.23. The van der Waals surface area contributed by atoms with Crippen molar-refractivity contribution >= 4 is 72.6 Å². The highest BCUT2D eigenvalue weighted by Crippen LogP contribution is 2.42. The average molecular weight is 687 g/mol. The molecule has 43 heavy (non-hydrogen) atoms. The van der Waals surface area contributed by atoms with Crippen LogP contribution in [0, 0.1) is 0 Å². The van der Waals surface area contributed by atoms with Gasteiger partial charge in [-0.05, 0) is 47.5 Å². The maximum Gasteiger partial charge on any atom is 0.243 e. The van der Waals surface area contributed by atoms with Crippen LogP contribution in [0.1, 0.15) is 0 Å². The van der Waals surface area contributed by atoms with Gasteiger partial charge >= 0.3 is 0 Å². The van der Waals surface area contributed by atoms with Crippen molar-refractivity contribution in [1.82, 2.24) is 34.0 Å². The van der Waals surface area contributed by atoms with Gasteiger partial charge < -0.3 is 19.9 Å². The minimum Gasteiger partial charge on any atom is -0.495 e. The molecule has 0 saturated carbocycles. The Kier molecular flexibility index (Phi) is 8.27. The molecule has 0 bridgehead atoms. The second-order valence-electron chi connectivity index (χ2n) is 10.1. The predicted molar refractivity (Wildman–Crippen MR) is 171 cm³/mol. The molecule has 5 aromatic rings. The molecule has 16 heteroatoms. The van der Waals surface area contributed by atoms with E-state index in [0.717, 1.165) is 4.31 Å². The first kappa shape index (κ1) is 30.5. The van der Waals surface area contributed by atoms with Crippen LogP contribution in [0.2, 0.25) is 0 Å². The fourth-order valence-electron chi connectivity index (χ4n) is 4.45. The number of aromatic nitrogens is 6. The number of nitrogens with zero attached hydrogens (tertiary/aromatic N) is 7. The predicted octanol–water partition coefficient (Wildman–Crippen LogP) is 4.58. The summed E-state index contributed by atoms with van der Waals surface area (Å²) in [5.41, 5.74) is 3.20. The quantitative estimate of drug-likeness (QED) is 0.209. The third-order valence-electron chi connectivity index (χ3n) is 6.47. The lowest BCUT2D eigenvalue weighted by atomic mass is 10.1. The van der Waals surface area contributed by atoms with Crippen molar-refractivity contribution in [3.8, 4) is 16.9 Å². The van der Waals surface area contributed by atoms with Crippen molar-refractivity contribution in [2.24, 2.45) is 7.05 Å². The molecule has 0 aliphatic rings. The first-order chi connectivity index (χ1) is 20.3. The largest absolute Gasteiger partial charge is 0.495 e. The van der Waals surface area contributed by atoms with Crippen molar-refractivity contribution in [2.75, 3.05) is 45.2 Å². The van der Waals surface area contributed by atoms with Crippen LogP contribution in [0.4, 0.5) is 23.1 Å². The zero-order chi connectivity index (χ0) is 31.1. The molecule has 0 saturated heterocycles. The number of anilines is 4. The van der Waals surface area contributed by atoms with Gasteiger partial charge in [0.25, 0.3) is 0 Å². The number of hydrogen-bond acceptors (Lipinski definition) is 11. The topological polar surface area (TPSA) is 157 Å². The molecular weight excluding hydrogens is 657 g/mol. The summed E-state index contributed by atoms with van der Waals surface area (Å²) in [5, 5.41) is 11.2. The van der Waals surface area contributed by atoms with Crippen LogP contribution in [0.3, 0.4) is 0 Å². The Morgan fingerprint density at radius 2 is 1.77 bits per heavy atom. The van der Waals surface area contributed by atoms with Gasteiger partial charge in [-0.2, -0.15) is 10.1 Å². The highest BCUT2D eigenvalue weighted by atomic mass is 79.9. The van der Waals surface area contributed by atoms with E-state index in [9.17, 15) is 13.0 Å². The fourth-order valence-corrected chi connectivity index (χ4v) is 7.24. The van der Waals surface area contributed by atoms with E-state index in [4.69, 9.17) is 4.74 Å². The molecular formula is C27H29BrN9O4PS. The normalized spacial score (nSPS) is 12.1. The van der Waals surface area contributed by atoms with Crippen LogP contribution in [0.5, 0.6) is 5.75 Å². The molecule has 2 aromatic carbocycles. The summed E-state index contributed by atoms with van der Waals surface area (Å²) >= 11 is 3.50. The molecule has 0 unspecified atom stereocenters. The van der Waals surface area contributed by atoms with Gasteiger partial charge in [-0.25, -0.2) is 17.7 Å². The second kappa shape index (κ2) is 11.6. The van der Waals surface area contributed by atoms with Crippen molar-refractivity contribution < 1.29 is 17.7 Å². The molecule has 3 heterocycles. The molecule has 0 radical (unpaired) electrons. The number of benzene rings is 2. The fraction of sp³-hybridized carbons (Fsp3) is 0.222. The van der Waals surface area contributed by atoms with Gasteiger partial charge in [0.1, 0.15) is 24.2 Å². The average Bonchev–Trinajstić information content (AvgIpc) is 3.39. The first-order valence-corrected chi connectivity index (χ1v) is 17.6. The maximum absolute atomic E-state index is 13.4. The van der Waals surface area contributed by atoms with E-state index in [-0.39, 0.29) is 16.6 Å². The molecule has 224 valence electrons. The molecule has 0 amide bonds. The number of sulfonamides is 1. The van der Waals surface area contributed by atoms with E-state index >= 15 is 0 Å². The summed E-state index contributed by atoms with van der Waals surface area (Å²) in [6, 6.07) is 6.71. The molecule has 0 spiro atoms. The Labute approximate surface area is 257 Å². The molecule has 13 nitrogen and oxygen atoms in total. The van der Waals surface area contributed by atoms with Gasteiger partial charge in [0.05, 0.1) is 44.9 Å². The third-order valence-corrected chi connectivity index (χ3v) is 10.4. The summed E-state index contributed by atoms with van der Waals surface area (Å²) in [6.07, 6.45) is 8.03. The molecule has 0 aliphatic heterocycles. The standard InChI is InChI=1S/C27H29BrN9O4PS/c1-36(2)43(39,40)23-12-22(41-4)21(11-17(23)16-13-32-37(3)15-16)34-27-31-14-18(28)26(35-27)33-20-8-7-19-24(30-10-9-29-19)25(20)42(5,6)38/h7-15H,1-6H3,(H2,31,33,34,35). The molecule has 0 aliphatic carbocycles. The zero-order valence-corrected chi connectivity index (χ0v) is 27.5. The SMILES string of the molecule is COc1cc(S(=O)(=O)N(C)C)c(-c2cnn(C)c2)cc1Nc1ncc(Br)c(Nc2ccc3nccnc3c2P(C)(C)=O)n1. The smallest absolute Gasteiger partial charge is 0.243 e. The zero-order valence-electron chi connectivity index (χ0n) is 24.2. The lowest BCUT2D eigenvalue weighted by Gasteiger charge is -2.19. The first-order valence-electron chi connectivity index (χ1n) is 12.8. The Morgan fingerprint density at radius 3 is 2.42 bits per heavy atom. The van der Waals surface area contributed by atoms with E-state index in [1.165, 1.54) is 27.3 Å². The van der Waals surface area contributed by atoms with Gasteiger partial charge in [-0.1, -0.05) is 0 Å².